The largest absolute Gasteiger partial charge is 0.478 e. The fraction of sp³-hybridized carbons (Fsp3) is 0.125. The Bertz CT molecular complexity index is 491. The van der Waals surface area contributed by atoms with E-state index in [1.54, 1.807) is 7.05 Å². The van der Waals surface area contributed by atoms with Gasteiger partial charge in [-0.25, -0.2) is 14.8 Å². The predicted octanol–water partition coefficient (Wildman–Crippen LogP) is 0.698. The second-order valence-electron chi connectivity index (χ2n) is 2.70. The quantitative estimate of drug-likeness (QED) is 0.651. The summed E-state index contributed by atoms with van der Waals surface area (Å²) in [6.07, 6.45) is 2.73. The molecule has 14 heavy (non-hydrogen) atoms. The third kappa shape index (κ3) is 1.08. The molecule has 6 nitrogen and oxygen atoms in total. The maximum atomic E-state index is 10.8. The number of carboxylic acid groups (broad SMARTS) is 1. The summed E-state index contributed by atoms with van der Waals surface area (Å²) in [4.78, 5) is 21.5. The van der Waals surface area contributed by atoms with Gasteiger partial charge in [0.1, 0.15) is 22.9 Å². The van der Waals surface area contributed by atoms with Gasteiger partial charge in [-0.3, -0.25) is 0 Å². The van der Waals surface area contributed by atoms with Crippen LogP contribution in [0.5, 0.6) is 0 Å². The van der Waals surface area contributed by atoms with E-state index in [0.717, 1.165) is 0 Å². The Hall–Kier alpha value is -2.11. The van der Waals surface area contributed by atoms with Gasteiger partial charge in [-0.15, -0.1) is 0 Å². The first-order valence-corrected chi connectivity index (χ1v) is 3.97. The number of aromatic amines is 1. The van der Waals surface area contributed by atoms with E-state index >= 15 is 0 Å². The number of hydrogen-bond donors (Lipinski definition) is 3. The van der Waals surface area contributed by atoms with Gasteiger partial charge in [0.2, 0.25) is 0 Å². The van der Waals surface area contributed by atoms with Crippen molar-refractivity contribution in [3.05, 3.63) is 18.1 Å². The van der Waals surface area contributed by atoms with Crippen molar-refractivity contribution < 1.29 is 9.90 Å². The van der Waals surface area contributed by atoms with Crippen LogP contribution in [0.15, 0.2) is 12.5 Å². The number of H-pyrrole nitrogens is 1. The average molecular weight is 192 g/mol. The van der Waals surface area contributed by atoms with Gasteiger partial charge in [-0.2, -0.15) is 0 Å². The van der Waals surface area contributed by atoms with Gasteiger partial charge in [0.05, 0.1) is 0 Å². The van der Waals surface area contributed by atoms with Gasteiger partial charge in [0.15, 0.2) is 5.82 Å². The number of carbonyl (C=O) groups is 1. The van der Waals surface area contributed by atoms with Crippen LogP contribution in [0.25, 0.3) is 11.0 Å². The molecular formula is C8H8N4O2. The molecule has 0 aliphatic heterocycles. The molecule has 0 aromatic carbocycles. The second kappa shape index (κ2) is 2.99. The summed E-state index contributed by atoms with van der Waals surface area (Å²) < 4.78 is 0. The smallest absolute Gasteiger partial charge is 0.339 e. The summed E-state index contributed by atoms with van der Waals surface area (Å²) in [5.41, 5.74) is 1.17. The molecule has 0 aliphatic carbocycles. The lowest BCUT2D eigenvalue weighted by molar-refractivity contribution is 0.0699. The molecule has 0 unspecified atom stereocenters. The van der Waals surface area contributed by atoms with Gasteiger partial charge in [-0.05, 0) is 0 Å². The highest BCUT2D eigenvalue weighted by molar-refractivity contribution is 6.03. The summed E-state index contributed by atoms with van der Waals surface area (Å²) in [6.45, 7) is 0. The predicted molar refractivity (Wildman–Crippen MR) is 50.4 cm³/mol. The zero-order chi connectivity index (χ0) is 10.1. The summed E-state index contributed by atoms with van der Waals surface area (Å²) in [7, 11) is 1.71. The first-order chi connectivity index (χ1) is 6.74. The summed E-state index contributed by atoms with van der Waals surface area (Å²) in [5.74, 6) is -0.417. The highest BCUT2D eigenvalue weighted by Gasteiger charge is 2.13. The Morgan fingerprint density at radius 2 is 2.36 bits per heavy atom. The number of nitrogens with one attached hydrogen (secondary N) is 2. The molecular weight excluding hydrogens is 184 g/mol. The Morgan fingerprint density at radius 3 is 3.00 bits per heavy atom. The molecule has 3 N–H and O–H groups in total. The topological polar surface area (TPSA) is 90.9 Å². The van der Waals surface area contributed by atoms with Gasteiger partial charge in [-0.1, -0.05) is 0 Å². The van der Waals surface area contributed by atoms with Crippen LogP contribution in [0.2, 0.25) is 0 Å². The highest BCUT2D eigenvalue weighted by Crippen LogP contribution is 2.20. The summed E-state index contributed by atoms with van der Waals surface area (Å²) >= 11 is 0. The van der Waals surface area contributed by atoms with E-state index in [-0.39, 0.29) is 5.56 Å². The van der Waals surface area contributed by atoms with Crippen LogP contribution in [0.1, 0.15) is 10.4 Å². The molecule has 0 radical (unpaired) electrons. The maximum absolute atomic E-state index is 10.8. The number of aromatic carboxylic acids is 1. The van der Waals surface area contributed by atoms with Crippen molar-refractivity contribution in [2.45, 2.75) is 0 Å². The monoisotopic (exact) mass is 192 g/mol. The van der Waals surface area contributed by atoms with Crippen LogP contribution in [-0.4, -0.2) is 33.1 Å². The second-order valence-corrected chi connectivity index (χ2v) is 2.70. The Balaban J connectivity index is 2.75. The molecule has 0 amide bonds. The van der Waals surface area contributed by atoms with Crippen LogP contribution < -0.4 is 5.32 Å². The Labute approximate surface area is 79.0 Å². The molecule has 0 saturated heterocycles. The lowest BCUT2D eigenvalue weighted by atomic mass is 10.3. The minimum absolute atomic E-state index is 0.152. The summed E-state index contributed by atoms with van der Waals surface area (Å²) in [6, 6.07) is 0. The minimum Gasteiger partial charge on any atom is -0.478 e. The van der Waals surface area contributed by atoms with Crippen LogP contribution in [0, 0.1) is 0 Å². The van der Waals surface area contributed by atoms with E-state index in [9.17, 15) is 4.79 Å². The van der Waals surface area contributed by atoms with Crippen molar-refractivity contribution in [2.24, 2.45) is 0 Å². The molecule has 2 heterocycles. The van der Waals surface area contributed by atoms with Crippen molar-refractivity contribution >= 4 is 22.8 Å². The zero-order valence-electron chi connectivity index (χ0n) is 7.40. The lowest BCUT2D eigenvalue weighted by Crippen LogP contribution is -1.97. The lowest BCUT2D eigenvalue weighted by Gasteiger charge is -1.98. The van der Waals surface area contributed by atoms with Crippen molar-refractivity contribution in [3.63, 3.8) is 0 Å². The van der Waals surface area contributed by atoms with Crippen LogP contribution in [0.4, 0.5) is 5.82 Å². The molecule has 0 bridgehead atoms. The molecule has 0 aliphatic rings. The number of fused-ring (bicyclic) bond motifs is 1. The normalized spacial score (nSPS) is 10.4. The molecule has 0 spiro atoms. The number of nitrogens with zero attached hydrogens (tertiary/aromatic N) is 2. The average Bonchev–Trinajstić information content (AvgIpc) is 2.60. The van der Waals surface area contributed by atoms with E-state index in [0.29, 0.717) is 16.9 Å². The van der Waals surface area contributed by atoms with Crippen LogP contribution in [0.3, 0.4) is 0 Å². The number of anilines is 1. The van der Waals surface area contributed by atoms with Crippen molar-refractivity contribution in [1.29, 1.82) is 0 Å². The van der Waals surface area contributed by atoms with Crippen LogP contribution in [-0.2, 0) is 0 Å². The van der Waals surface area contributed by atoms with E-state index < -0.39 is 5.97 Å². The van der Waals surface area contributed by atoms with Crippen molar-refractivity contribution in [3.8, 4) is 0 Å². The number of rotatable bonds is 2. The fourth-order valence-electron chi connectivity index (χ4n) is 1.29. The molecule has 72 valence electrons. The Morgan fingerprint density at radius 1 is 1.57 bits per heavy atom. The number of hydrogen-bond acceptors (Lipinski definition) is 4. The third-order valence-electron chi connectivity index (χ3n) is 1.93. The van der Waals surface area contributed by atoms with Crippen molar-refractivity contribution in [2.75, 3.05) is 12.4 Å². The maximum Gasteiger partial charge on any atom is 0.339 e. The molecule has 6 heteroatoms. The standard InChI is InChI=1S/C8H8N4O2/c1-9-7-6-5(11-3-12-7)4(2-10-6)8(13)14/h2-3,10H,1H3,(H,13,14)(H,9,11,12). The molecule has 0 saturated carbocycles. The first kappa shape index (κ1) is 8.49. The molecule has 2 rings (SSSR count). The highest BCUT2D eigenvalue weighted by atomic mass is 16.4. The van der Waals surface area contributed by atoms with E-state index in [1.165, 1.54) is 12.5 Å². The molecule has 2 aromatic rings. The summed E-state index contributed by atoms with van der Waals surface area (Å²) in [5, 5.41) is 11.7. The van der Waals surface area contributed by atoms with Gasteiger partial charge >= 0.3 is 5.97 Å². The van der Waals surface area contributed by atoms with Crippen molar-refractivity contribution in [1.82, 2.24) is 15.0 Å². The number of carboxylic acids is 1. The van der Waals surface area contributed by atoms with Gasteiger partial charge < -0.3 is 15.4 Å². The third-order valence-corrected chi connectivity index (χ3v) is 1.93. The fourth-order valence-corrected chi connectivity index (χ4v) is 1.29. The minimum atomic E-state index is -1.00. The number of aromatic nitrogens is 3. The molecule has 0 fully saturated rings. The zero-order valence-corrected chi connectivity index (χ0v) is 7.40. The van der Waals surface area contributed by atoms with Gasteiger partial charge in [0.25, 0.3) is 0 Å². The van der Waals surface area contributed by atoms with E-state index in [4.69, 9.17) is 5.11 Å². The SMILES string of the molecule is CNc1ncnc2c(C(=O)O)c[nH]c12. The molecule has 2 aromatic heterocycles. The van der Waals surface area contributed by atoms with Crippen LogP contribution >= 0.6 is 0 Å². The van der Waals surface area contributed by atoms with E-state index in [2.05, 4.69) is 20.3 Å². The first-order valence-electron chi connectivity index (χ1n) is 3.97. The van der Waals surface area contributed by atoms with E-state index in [1.807, 2.05) is 0 Å². The Kier molecular flexibility index (Phi) is 1.81. The van der Waals surface area contributed by atoms with Gasteiger partial charge in [0, 0.05) is 13.2 Å². The molecule has 0 atom stereocenters.